The Bertz CT molecular complexity index is 1230. The molecule has 1 unspecified atom stereocenters. The van der Waals surface area contributed by atoms with E-state index in [0.29, 0.717) is 10.7 Å². The monoisotopic (exact) mass is 453 g/mol. The Balaban J connectivity index is 1.62. The van der Waals surface area contributed by atoms with Crippen LogP contribution in [-0.4, -0.2) is 31.7 Å². The third-order valence-electron chi connectivity index (χ3n) is 5.04. The smallest absolute Gasteiger partial charge is 0.246 e. The highest BCUT2D eigenvalue weighted by atomic mass is 35.5. The lowest BCUT2D eigenvalue weighted by atomic mass is 9.91. The second-order valence-electron chi connectivity index (χ2n) is 7.26. The molecule has 0 bridgehead atoms. The zero-order valence-electron chi connectivity index (χ0n) is 16.7. The van der Waals surface area contributed by atoms with Gasteiger partial charge in [-0.05, 0) is 42.3 Å². The van der Waals surface area contributed by atoms with Crippen molar-refractivity contribution in [2.75, 3.05) is 6.54 Å². The van der Waals surface area contributed by atoms with Crippen molar-refractivity contribution >= 4 is 33.4 Å². The van der Waals surface area contributed by atoms with Gasteiger partial charge in [0.25, 0.3) is 10.0 Å². The number of amides is 2. The number of carbonyl (C=O) groups is 1. The lowest BCUT2D eigenvalue weighted by Gasteiger charge is -2.16. The first-order valence-corrected chi connectivity index (χ1v) is 11.5. The Hall–Kier alpha value is -3.16. The maximum atomic E-state index is 12.8. The molecule has 3 aromatic carbocycles. The van der Waals surface area contributed by atoms with E-state index in [2.05, 4.69) is 9.82 Å². The third-order valence-corrected chi connectivity index (χ3v) is 6.63. The molecule has 1 aliphatic rings. The zero-order chi connectivity index (χ0) is 22.0. The Labute approximate surface area is 186 Å². The molecule has 1 N–H and O–H groups in total. The van der Waals surface area contributed by atoms with Crippen LogP contribution in [0.25, 0.3) is 0 Å². The second kappa shape index (κ2) is 8.53. The van der Waals surface area contributed by atoms with Crippen LogP contribution in [0.2, 0.25) is 5.02 Å². The molecule has 0 saturated heterocycles. The molecule has 3 aromatic rings. The van der Waals surface area contributed by atoms with Crippen molar-refractivity contribution in [3.63, 3.8) is 0 Å². The molecule has 8 heteroatoms. The zero-order valence-corrected chi connectivity index (χ0v) is 18.3. The summed E-state index contributed by atoms with van der Waals surface area (Å²) >= 11 is 6.01. The minimum Gasteiger partial charge on any atom is -0.246 e. The van der Waals surface area contributed by atoms with Gasteiger partial charge in [0, 0.05) is 10.9 Å². The number of hydrazone groups is 1. The van der Waals surface area contributed by atoms with E-state index in [4.69, 9.17) is 11.6 Å². The minimum absolute atomic E-state index is 0.0205. The second-order valence-corrected chi connectivity index (χ2v) is 9.38. The van der Waals surface area contributed by atoms with Crippen LogP contribution in [0.1, 0.15) is 22.6 Å². The number of hydrogen-bond donors (Lipinski definition) is 1. The highest BCUT2D eigenvalue weighted by Crippen LogP contribution is 2.29. The van der Waals surface area contributed by atoms with Gasteiger partial charge in [0.1, 0.15) is 0 Å². The molecule has 6 nitrogen and oxygen atoms in total. The summed E-state index contributed by atoms with van der Waals surface area (Å²) < 4.78 is 27.4. The quantitative estimate of drug-likeness (QED) is 0.629. The molecular formula is C23H20ClN3O3S. The van der Waals surface area contributed by atoms with E-state index in [1.165, 1.54) is 12.1 Å². The van der Waals surface area contributed by atoms with Gasteiger partial charge in [-0.25, -0.2) is 22.9 Å². The maximum Gasteiger partial charge on any atom is 0.351 e. The number of aryl methyl sites for hydroxylation is 1. The highest BCUT2D eigenvalue weighted by molar-refractivity contribution is 7.90. The largest absolute Gasteiger partial charge is 0.351 e. The third kappa shape index (κ3) is 4.62. The number of benzene rings is 3. The summed E-state index contributed by atoms with van der Waals surface area (Å²) in [5.41, 5.74) is 3.39. The molecule has 0 saturated carbocycles. The average molecular weight is 454 g/mol. The van der Waals surface area contributed by atoms with Gasteiger partial charge < -0.3 is 0 Å². The van der Waals surface area contributed by atoms with Gasteiger partial charge in [0.05, 0.1) is 17.2 Å². The summed E-state index contributed by atoms with van der Waals surface area (Å²) in [6.07, 6.45) is 0. The Morgan fingerprint density at radius 2 is 1.65 bits per heavy atom. The van der Waals surface area contributed by atoms with E-state index in [-0.39, 0.29) is 17.4 Å². The number of hydrogen-bond acceptors (Lipinski definition) is 4. The summed E-state index contributed by atoms with van der Waals surface area (Å²) in [7, 11) is -4.01. The predicted octanol–water partition coefficient (Wildman–Crippen LogP) is 4.55. The average Bonchev–Trinajstić information content (AvgIpc) is 3.21. The van der Waals surface area contributed by atoms with Gasteiger partial charge in [-0.3, -0.25) is 0 Å². The maximum absolute atomic E-state index is 12.8. The molecule has 1 aliphatic heterocycles. The number of nitrogens with zero attached hydrogens (tertiary/aromatic N) is 2. The Morgan fingerprint density at radius 3 is 2.29 bits per heavy atom. The fraction of sp³-hybridized carbons (Fsp3) is 0.130. The van der Waals surface area contributed by atoms with Crippen LogP contribution in [0.5, 0.6) is 0 Å². The van der Waals surface area contributed by atoms with Gasteiger partial charge in [-0.15, -0.1) is 0 Å². The molecular weight excluding hydrogens is 434 g/mol. The van der Waals surface area contributed by atoms with Gasteiger partial charge >= 0.3 is 6.03 Å². The molecule has 2 amide bonds. The molecule has 0 fully saturated rings. The fourth-order valence-electron chi connectivity index (χ4n) is 3.40. The Kier molecular flexibility index (Phi) is 5.80. The summed E-state index contributed by atoms with van der Waals surface area (Å²) in [6.45, 7) is 2.08. The normalized spacial score (nSPS) is 16.1. The van der Waals surface area contributed by atoms with Crippen LogP contribution >= 0.6 is 11.6 Å². The van der Waals surface area contributed by atoms with Gasteiger partial charge in [-0.1, -0.05) is 71.8 Å². The fourth-order valence-corrected chi connectivity index (χ4v) is 4.47. The van der Waals surface area contributed by atoms with Gasteiger partial charge in [-0.2, -0.15) is 5.10 Å². The van der Waals surface area contributed by atoms with E-state index >= 15 is 0 Å². The van der Waals surface area contributed by atoms with Crippen molar-refractivity contribution in [3.05, 3.63) is 101 Å². The predicted molar refractivity (Wildman–Crippen MR) is 121 cm³/mol. The SMILES string of the molecule is Cc1ccc(S(=O)(=O)NC(=O)N2CC(c3ccccc3)C(c3ccc(Cl)cc3)=N2)cc1. The van der Waals surface area contributed by atoms with Crippen LogP contribution in [0.15, 0.2) is 88.9 Å². The molecule has 0 radical (unpaired) electrons. The van der Waals surface area contributed by atoms with E-state index in [1.807, 2.05) is 49.4 Å². The number of sulfonamides is 1. The summed E-state index contributed by atoms with van der Waals surface area (Å²) in [5, 5.41) is 6.22. The summed E-state index contributed by atoms with van der Waals surface area (Å²) in [6, 6.07) is 22.3. The van der Waals surface area contributed by atoms with Crippen LogP contribution in [0.3, 0.4) is 0 Å². The lowest BCUT2D eigenvalue weighted by Crippen LogP contribution is -2.39. The van der Waals surface area contributed by atoms with E-state index < -0.39 is 16.1 Å². The first kappa shape index (κ1) is 21.1. The molecule has 0 aliphatic carbocycles. The lowest BCUT2D eigenvalue weighted by molar-refractivity contribution is 0.210. The van der Waals surface area contributed by atoms with E-state index in [0.717, 1.165) is 21.7 Å². The standard InChI is InChI=1S/C23H20ClN3O3S/c1-16-7-13-20(14-8-16)31(29,30)26-23(28)27-15-21(17-5-3-2-4-6-17)22(25-27)18-9-11-19(24)12-10-18/h2-14,21H,15H2,1H3,(H,26,28). The molecule has 31 heavy (non-hydrogen) atoms. The summed E-state index contributed by atoms with van der Waals surface area (Å²) in [5.74, 6) is -0.199. The molecule has 1 atom stereocenters. The van der Waals surface area contributed by atoms with Crippen molar-refractivity contribution in [2.24, 2.45) is 5.10 Å². The molecule has 0 spiro atoms. The van der Waals surface area contributed by atoms with Crippen LogP contribution in [0.4, 0.5) is 4.79 Å². The van der Waals surface area contributed by atoms with Crippen molar-refractivity contribution in [2.45, 2.75) is 17.7 Å². The number of carbonyl (C=O) groups excluding carboxylic acids is 1. The van der Waals surface area contributed by atoms with Crippen LogP contribution in [0, 0.1) is 6.92 Å². The first-order chi connectivity index (χ1) is 14.8. The number of nitrogens with one attached hydrogen (secondary N) is 1. The highest BCUT2D eigenvalue weighted by Gasteiger charge is 2.33. The van der Waals surface area contributed by atoms with Gasteiger partial charge in [0.2, 0.25) is 0 Å². The van der Waals surface area contributed by atoms with Gasteiger partial charge in [0.15, 0.2) is 0 Å². The van der Waals surface area contributed by atoms with E-state index in [9.17, 15) is 13.2 Å². The van der Waals surface area contributed by atoms with Crippen molar-refractivity contribution in [1.29, 1.82) is 0 Å². The first-order valence-electron chi connectivity index (χ1n) is 9.64. The number of urea groups is 1. The number of rotatable bonds is 4. The molecule has 158 valence electrons. The van der Waals surface area contributed by atoms with Crippen molar-refractivity contribution < 1.29 is 13.2 Å². The van der Waals surface area contributed by atoms with Crippen LogP contribution in [-0.2, 0) is 10.0 Å². The van der Waals surface area contributed by atoms with Crippen LogP contribution < -0.4 is 4.72 Å². The summed E-state index contributed by atoms with van der Waals surface area (Å²) in [4.78, 5) is 12.8. The van der Waals surface area contributed by atoms with Crippen molar-refractivity contribution in [3.8, 4) is 0 Å². The minimum atomic E-state index is -4.01. The topological polar surface area (TPSA) is 78.8 Å². The Morgan fingerprint density at radius 1 is 1.00 bits per heavy atom. The molecule has 4 rings (SSSR count). The molecule has 1 heterocycles. The van der Waals surface area contributed by atoms with E-state index in [1.54, 1.807) is 24.3 Å². The van der Waals surface area contributed by atoms with Crippen molar-refractivity contribution in [1.82, 2.24) is 9.73 Å². The number of halogens is 1. The molecule has 0 aromatic heterocycles.